The number of aliphatic hydroxyl groups is 1. The van der Waals surface area contributed by atoms with Gasteiger partial charge in [-0.3, -0.25) is 4.79 Å². The van der Waals surface area contributed by atoms with Gasteiger partial charge < -0.3 is 10.0 Å². The summed E-state index contributed by atoms with van der Waals surface area (Å²) >= 11 is 5.83. The van der Waals surface area contributed by atoms with E-state index in [1.165, 1.54) is 18.2 Å². The molecule has 1 aliphatic heterocycles. The summed E-state index contributed by atoms with van der Waals surface area (Å²) < 4.78 is 13.2. The second-order valence-corrected chi connectivity index (χ2v) is 5.87. The van der Waals surface area contributed by atoms with Crippen LogP contribution in [-0.4, -0.2) is 32.7 Å². The van der Waals surface area contributed by atoms with E-state index in [0.29, 0.717) is 25.1 Å². The van der Waals surface area contributed by atoms with Crippen LogP contribution in [0.1, 0.15) is 29.3 Å². The van der Waals surface area contributed by atoms with Crippen molar-refractivity contribution >= 4 is 17.5 Å². The Hall–Kier alpha value is -2.05. The summed E-state index contributed by atoms with van der Waals surface area (Å²) in [6, 6.07) is 7.34. The Morgan fingerprint density at radius 1 is 1.39 bits per heavy atom. The van der Waals surface area contributed by atoms with Crippen molar-refractivity contribution in [1.82, 2.24) is 15.1 Å². The molecule has 3 rings (SSSR count). The third kappa shape index (κ3) is 3.65. The van der Waals surface area contributed by atoms with Crippen LogP contribution in [0.2, 0.25) is 5.15 Å². The fraction of sp³-hybridized carbons (Fsp3) is 0.312. The molecule has 23 heavy (non-hydrogen) atoms. The maximum atomic E-state index is 13.2. The monoisotopic (exact) mass is 335 g/mol. The predicted molar refractivity (Wildman–Crippen MR) is 82.1 cm³/mol. The molecule has 5 nitrogen and oxygen atoms in total. The number of aliphatic hydroxyl groups excluding tert-OH is 1. The number of rotatable bonds is 3. The van der Waals surface area contributed by atoms with Crippen LogP contribution in [0.3, 0.4) is 0 Å². The molecule has 1 aromatic carbocycles. The zero-order valence-corrected chi connectivity index (χ0v) is 13.0. The van der Waals surface area contributed by atoms with Crippen LogP contribution >= 0.6 is 11.6 Å². The molecule has 7 heteroatoms. The lowest BCUT2D eigenvalue weighted by Gasteiger charge is -2.28. The lowest BCUT2D eigenvalue weighted by molar-refractivity contribution is -0.134. The van der Waals surface area contributed by atoms with E-state index in [2.05, 4.69) is 10.2 Å². The van der Waals surface area contributed by atoms with Crippen molar-refractivity contribution in [2.75, 3.05) is 6.54 Å². The van der Waals surface area contributed by atoms with Gasteiger partial charge in [0.2, 0.25) is 5.91 Å². The van der Waals surface area contributed by atoms with E-state index >= 15 is 0 Å². The molecule has 1 N–H and O–H groups in total. The van der Waals surface area contributed by atoms with Crippen molar-refractivity contribution in [1.29, 1.82) is 0 Å². The van der Waals surface area contributed by atoms with E-state index in [-0.39, 0.29) is 17.5 Å². The van der Waals surface area contributed by atoms with Crippen LogP contribution in [0.4, 0.5) is 4.39 Å². The van der Waals surface area contributed by atoms with E-state index < -0.39 is 11.9 Å². The fourth-order valence-corrected chi connectivity index (χ4v) is 2.81. The third-order valence-electron chi connectivity index (χ3n) is 3.86. The summed E-state index contributed by atoms with van der Waals surface area (Å²) in [4.78, 5) is 14.0. The lowest BCUT2D eigenvalue weighted by Crippen LogP contribution is -2.37. The van der Waals surface area contributed by atoms with Gasteiger partial charge in [-0.2, -0.15) is 5.10 Å². The Morgan fingerprint density at radius 2 is 2.22 bits per heavy atom. The highest BCUT2D eigenvalue weighted by molar-refractivity contribution is 6.29. The average molecular weight is 336 g/mol. The second-order valence-electron chi connectivity index (χ2n) is 5.48. The first-order valence-corrected chi connectivity index (χ1v) is 7.63. The molecule has 1 unspecified atom stereocenters. The zero-order valence-electron chi connectivity index (χ0n) is 12.2. The van der Waals surface area contributed by atoms with E-state index in [1.54, 1.807) is 17.0 Å². The van der Waals surface area contributed by atoms with Gasteiger partial charge in [-0.25, -0.2) is 4.39 Å². The van der Waals surface area contributed by atoms with Gasteiger partial charge in [-0.05, 0) is 29.3 Å². The molecule has 0 spiro atoms. The minimum atomic E-state index is -1.03. The normalized spacial score (nSPS) is 15.2. The van der Waals surface area contributed by atoms with Crippen molar-refractivity contribution in [2.45, 2.75) is 25.5 Å². The molecule has 0 bridgehead atoms. The average Bonchev–Trinajstić information content (AvgIpc) is 2.54. The largest absolute Gasteiger partial charge is 0.388 e. The Labute approximate surface area is 137 Å². The SMILES string of the molecule is O=C(CC(O)c1cccc(F)c1)N1CCc2nnc(Cl)cc2C1. The molecule has 0 aliphatic carbocycles. The maximum Gasteiger partial charge on any atom is 0.225 e. The van der Waals surface area contributed by atoms with Gasteiger partial charge >= 0.3 is 0 Å². The van der Waals surface area contributed by atoms with E-state index in [9.17, 15) is 14.3 Å². The van der Waals surface area contributed by atoms with Gasteiger partial charge in [-0.1, -0.05) is 23.7 Å². The summed E-state index contributed by atoms with van der Waals surface area (Å²) in [5, 5.41) is 18.2. The van der Waals surface area contributed by atoms with E-state index in [4.69, 9.17) is 11.6 Å². The fourth-order valence-electron chi connectivity index (χ4n) is 2.64. The van der Waals surface area contributed by atoms with Crippen molar-refractivity contribution in [3.63, 3.8) is 0 Å². The highest BCUT2D eigenvalue weighted by atomic mass is 35.5. The Morgan fingerprint density at radius 3 is 3.00 bits per heavy atom. The lowest BCUT2D eigenvalue weighted by atomic mass is 10.0. The first-order valence-electron chi connectivity index (χ1n) is 7.25. The standard InChI is InChI=1S/C16H15ClFN3O2/c17-15-7-11-9-21(5-4-13(11)19-20-15)16(23)8-14(22)10-2-1-3-12(18)6-10/h1-3,6-7,14,22H,4-5,8-9H2. The van der Waals surface area contributed by atoms with Crippen LogP contribution in [0.25, 0.3) is 0 Å². The molecule has 1 amide bonds. The molecule has 1 atom stereocenters. The van der Waals surface area contributed by atoms with Crippen LogP contribution in [0.5, 0.6) is 0 Å². The summed E-state index contributed by atoms with van der Waals surface area (Å²) in [7, 11) is 0. The van der Waals surface area contributed by atoms with Gasteiger partial charge in [0, 0.05) is 19.5 Å². The van der Waals surface area contributed by atoms with Crippen LogP contribution in [-0.2, 0) is 17.8 Å². The summed E-state index contributed by atoms with van der Waals surface area (Å²) in [6.07, 6.45) is -0.523. The van der Waals surface area contributed by atoms with Crippen molar-refractivity contribution in [3.05, 3.63) is 58.1 Å². The van der Waals surface area contributed by atoms with Crippen molar-refractivity contribution in [2.24, 2.45) is 0 Å². The molecule has 0 saturated carbocycles. The van der Waals surface area contributed by atoms with Crippen LogP contribution in [0.15, 0.2) is 30.3 Å². The van der Waals surface area contributed by atoms with Crippen molar-refractivity contribution in [3.8, 4) is 0 Å². The van der Waals surface area contributed by atoms with Crippen LogP contribution < -0.4 is 0 Å². The number of halogens is 2. The Kier molecular flexibility index (Phi) is 4.54. The predicted octanol–water partition coefficient (Wildman–Crippen LogP) is 2.28. The number of amides is 1. The number of hydrogen-bond donors (Lipinski definition) is 1. The number of carbonyl (C=O) groups excluding carboxylic acids is 1. The number of hydrogen-bond acceptors (Lipinski definition) is 4. The molecular weight excluding hydrogens is 321 g/mol. The first-order chi connectivity index (χ1) is 11.0. The third-order valence-corrected chi connectivity index (χ3v) is 4.05. The summed E-state index contributed by atoms with van der Waals surface area (Å²) in [5.41, 5.74) is 2.10. The highest BCUT2D eigenvalue weighted by Gasteiger charge is 2.24. The summed E-state index contributed by atoms with van der Waals surface area (Å²) in [5.74, 6) is -0.630. The number of aromatic nitrogens is 2. The van der Waals surface area contributed by atoms with E-state index in [0.717, 1.165) is 11.3 Å². The molecule has 1 aliphatic rings. The quantitative estimate of drug-likeness (QED) is 0.934. The number of benzene rings is 1. The molecule has 0 saturated heterocycles. The molecule has 1 aromatic heterocycles. The van der Waals surface area contributed by atoms with Gasteiger partial charge in [-0.15, -0.1) is 5.10 Å². The Balaban J connectivity index is 1.67. The summed E-state index contributed by atoms with van der Waals surface area (Å²) in [6.45, 7) is 0.900. The number of fused-ring (bicyclic) bond motifs is 1. The smallest absolute Gasteiger partial charge is 0.225 e. The van der Waals surface area contributed by atoms with Gasteiger partial charge in [0.25, 0.3) is 0 Å². The van der Waals surface area contributed by atoms with Gasteiger partial charge in [0.1, 0.15) is 5.82 Å². The highest BCUT2D eigenvalue weighted by Crippen LogP contribution is 2.23. The topological polar surface area (TPSA) is 66.3 Å². The maximum absolute atomic E-state index is 13.2. The Bertz CT molecular complexity index is 741. The molecule has 0 radical (unpaired) electrons. The first kappa shape index (κ1) is 15.8. The van der Waals surface area contributed by atoms with Crippen molar-refractivity contribution < 1.29 is 14.3 Å². The van der Waals surface area contributed by atoms with Crippen LogP contribution in [0, 0.1) is 5.82 Å². The number of carbonyl (C=O) groups is 1. The number of nitrogens with zero attached hydrogens (tertiary/aromatic N) is 3. The van der Waals surface area contributed by atoms with E-state index in [1.807, 2.05) is 0 Å². The zero-order chi connectivity index (χ0) is 16.4. The minimum Gasteiger partial charge on any atom is -0.388 e. The molecule has 2 aromatic rings. The van der Waals surface area contributed by atoms with Gasteiger partial charge in [0.15, 0.2) is 5.15 Å². The molecule has 2 heterocycles. The molecular formula is C16H15ClFN3O2. The molecule has 120 valence electrons. The second kappa shape index (κ2) is 6.60. The minimum absolute atomic E-state index is 0.0922. The van der Waals surface area contributed by atoms with Gasteiger partial charge in [0.05, 0.1) is 18.2 Å². The molecule has 0 fully saturated rings.